The standard InChI is InChI=1S/C16H15BrClN3/c1-10-8-12(17)9-11(2)15(10)21-14(5-6-18)20-13-4-3-7-19-16(13)21/h3-4,7-9H,5-6H2,1-2H3. The lowest BCUT2D eigenvalue weighted by Gasteiger charge is -2.15. The lowest BCUT2D eigenvalue weighted by molar-refractivity contribution is 0.893. The van der Waals surface area contributed by atoms with Crippen molar-refractivity contribution >= 4 is 38.7 Å². The van der Waals surface area contributed by atoms with Crippen molar-refractivity contribution in [1.29, 1.82) is 0 Å². The monoisotopic (exact) mass is 363 g/mol. The van der Waals surface area contributed by atoms with Crippen LogP contribution in [0.1, 0.15) is 17.0 Å². The van der Waals surface area contributed by atoms with Gasteiger partial charge in [0.1, 0.15) is 11.3 Å². The smallest absolute Gasteiger partial charge is 0.164 e. The third-order valence-corrected chi connectivity index (χ3v) is 4.13. The van der Waals surface area contributed by atoms with E-state index in [4.69, 9.17) is 11.6 Å². The summed E-state index contributed by atoms with van der Waals surface area (Å²) >= 11 is 9.49. The van der Waals surface area contributed by atoms with Gasteiger partial charge in [0.15, 0.2) is 5.65 Å². The van der Waals surface area contributed by atoms with Crippen LogP contribution in [0.15, 0.2) is 34.9 Å². The summed E-state index contributed by atoms with van der Waals surface area (Å²) in [5, 5.41) is 0. The fourth-order valence-corrected chi connectivity index (χ4v) is 3.56. The Morgan fingerprint density at radius 2 is 1.95 bits per heavy atom. The first kappa shape index (κ1) is 14.5. The van der Waals surface area contributed by atoms with Crippen molar-refractivity contribution in [3.8, 4) is 5.69 Å². The lowest BCUT2D eigenvalue weighted by Crippen LogP contribution is -2.06. The van der Waals surface area contributed by atoms with Gasteiger partial charge in [-0.2, -0.15) is 0 Å². The van der Waals surface area contributed by atoms with E-state index in [9.17, 15) is 0 Å². The highest BCUT2D eigenvalue weighted by Crippen LogP contribution is 2.28. The molecule has 3 rings (SSSR count). The van der Waals surface area contributed by atoms with E-state index in [1.807, 2.05) is 12.1 Å². The Hall–Kier alpha value is -1.39. The molecule has 0 fully saturated rings. The van der Waals surface area contributed by atoms with Crippen molar-refractivity contribution in [2.75, 3.05) is 5.88 Å². The Kier molecular flexibility index (Phi) is 4.00. The second kappa shape index (κ2) is 5.78. The first-order valence-electron chi connectivity index (χ1n) is 6.77. The molecule has 0 amide bonds. The second-order valence-corrected chi connectivity index (χ2v) is 6.33. The largest absolute Gasteiger partial charge is 0.280 e. The highest BCUT2D eigenvalue weighted by atomic mass is 79.9. The quantitative estimate of drug-likeness (QED) is 0.637. The molecular weight excluding hydrogens is 350 g/mol. The van der Waals surface area contributed by atoms with E-state index in [2.05, 4.69) is 56.4 Å². The topological polar surface area (TPSA) is 30.7 Å². The number of rotatable bonds is 3. The molecule has 2 aromatic heterocycles. The van der Waals surface area contributed by atoms with Crippen LogP contribution >= 0.6 is 27.5 Å². The molecule has 0 radical (unpaired) electrons. The zero-order valence-corrected chi connectivity index (χ0v) is 14.2. The molecule has 0 aliphatic rings. The van der Waals surface area contributed by atoms with E-state index < -0.39 is 0 Å². The van der Waals surface area contributed by atoms with Gasteiger partial charge in [-0.25, -0.2) is 9.97 Å². The molecule has 0 aliphatic carbocycles. The zero-order valence-electron chi connectivity index (χ0n) is 11.9. The summed E-state index contributed by atoms with van der Waals surface area (Å²) in [5.41, 5.74) is 5.29. The predicted octanol–water partition coefficient (Wildman–Crippen LogP) is 4.58. The number of nitrogens with zero attached hydrogens (tertiary/aromatic N) is 3. The Labute approximate surface area is 137 Å². The van der Waals surface area contributed by atoms with Crippen molar-refractivity contribution < 1.29 is 0 Å². The maximum atomic E-state index is 5.95. The number of aromatic nitrogens is 3. The fraction of sp³-hybridized carbons (Fsp3) is 0.250. The highest BCUT2D eigenvalue weighted by Gasteiger charge is 2.16. The molecule has 2 heterocycles. The van der Waals surface area contributed by atoms with Crippen molar-refractivity contribution in [2.24, 2.45) is 0 Å². The number of benzene rings is 1. The number of hydrogen-bond acceptors (Lipinski definition) is 2. The Morgan fingerprint density at radius 1 is 1.24 bits per heavy atom. The van der Waals surface area contributed by atoms with Crippen LogP contribution in [0.4, 0.5) is 0 Å². The molecule has 0 spiro atoms. The number of fused-ring (bicyclic) bond motifs is 1. The van der Waals surface area contributed by atoms with E-state index >= 15 is 0 Å². The predicted molar refractivity (Wildman–Crippen MR) is 90.5 cm³/mol. The van der Waals surface area contributed by atoms with Crippen molar-refractivity contribution in [1.82, 2.24) is 14.5 Å². The molecule has 0 aliphatic heterocycles. The number of halogens is 2. The van der Waals surface area contributed by atoms with Gasteiger partial charge >= 0.3 is 0 Å². The molecule has 5 heteroatoms. The second-order valence-electron chi connectivity index (χ2n) is 5.04. The average molecular weight is 365 g/mol. The van der Waals surface area contributed by atoms with Crippen LogP contribution in [-0.4, -0.2) is 20.4 Å². The van der Waals surface area contributed by atoms with Crippen LogP contribution in [0.5, 0.6) is 0 Å². The van der Waals surface area contributed by atoms with Crippen LogP contribution in [0.2, 0.25) is 0 Å². The minimum atomic E-state index is 0.540. The Bertz CT molecular complexity index is 787. The lowest BCUT2D eigenvalue weighted by atomic mass is 10.1. The van der Waals surface area contributed by atoms with Crippen LogP contribution in [0, 0.1) is 13.8 Å². The van der Waals surface area contributed by atoms with E-state index in [0.717, 1.165) is 27.1 Å². The van der Waals surface area contributed by atoms with Crippen molar-refractivity contribution in [2.45, 2.75) is 20.3 Å². The summed E-state index contributed by atoms with van der Waals surface area (Å²) in [6.45, 7) is 4.21. The first-order chi connectivity index (χ1) is 10.1. The molecular formula is C16H15BrClN3. The molecule has 0 saturated heterocycles. The zero-order chi connectivity index (χ0) is 15.0. The summed E-state index contributed by atoms with van der Waals surface area (Å²) < 4.78 is 3.21. The number of alkyl halides is 1. The third-order valence-electron chi connectivity index (χ3n) is 3.48. The molecule has 21 heavy (non-hydrogen) atoms. The molecule has 1 aromatic carbocycles. The summed E-state index contributed by atoms with van der Waals surface area (Å²) in [7, 11) is 0. The van der Waals surface area contributed by atoms with E-state index in [1.54, 1.807) is 6.20 Å². The normalized spacial score (nSPS) is 11.2. The number of hydrogen-bond donors (Lipinski definition) is 0. The first-order valence-corrected chi connectivity index (χ1v) is 8.10. The van der Waals surface area contributed by atoms with Crippen molar-refractivity contribution in [3.63, 3.8) is 0 Å². The van der Waals surface area contributed by atoms with Gasteiger partial charge in [0.2, 0.25) is 0 Å². The van der Waals surface area contributed by atoms with Gasteiger partial charge in [0, 0.05) is 23.0 Å². The maximum absolute atomic E-state index is 5.95. The summed E-state index contributed by atoms with van der Waals surface area (Å²) in [6.07, 6.45) is 2.52. The fourth-order valence-electron chi connectivity index (χ4n) is 2.70. The highest BCUT2D eigenvalue weighted by molar-refractivity contribution is 9.10. The van der Waals surface area contributed by atoms with Gasteiger partial charge in [-0.3, -0.25) is 4.57 Å². The summed E-state index contributed by atoms with van der Waals surface area (Å²) in [5.74, 6) is 1.49. The minimum absolute atomic E-state index is 0.540. The minimum Gasteiger partial charge on any atom is -0.280 e. The van der Waals surface area contributed by atoms with Gasteiger partial charge < -0.3 is 0 Å². The van der Waals surface area contributed by atoms with Gasteiger partial charge in [-0.15, -0.1) is 11.6 Å². The van der Waals surface area contributed by atoms with Gasteiger partial charge in [-0.05, 0) is 49.2 Å². The number of imidazole rings is 1. The van der Waals surface area contributed by atoms with Crippen molar-refractivity contribution in [3.05, 3.63) is 51.9 Å². The number of pyridine rings is 1. The molecule has 0 saturated carbocycles. The van der Waals surface area contributed by atoms with E-state index in [1.165, 1.54) is 11.1 Å². The molecule has 0 atom stereocenters. The molecule has 3 aromatic rings. The molecule has 0 N–H and O–H groups in total. The third kappa shape index (κ3) is 2.58. The van der Waals surface area contributed by atoms with Crippen LogP contribution in [0.25, 0.3) is 16.9 Å². The van der Waals surface area contributed by atoms with E-state index in [-0.39, 0.29) is 0 Å². The Morgan fingerprint density at radius 3 is 2.62 bits per heavy atom. The van der Waals surface area contributed by atoms with Gasteiger partial charge in [0.25, 0.3) is 0 Å². The van der Waals surface area contributed by atoms with Crippen LogP contribution < -0.4 is 0 Å². The van der Waals surface area contributed by atoms with Crippen LogP contribution in [-0.2, 0) is 6.42 Å². The SMILES string of the molecule is Cc1cc(Br)cc(C)c1-n1c(CCCl)nc2cccnc21. The molecule has 0 bridgehead atoms. The van der Waals surface area contributed by atoms with Crippen LogP contribution in [0.3, 0.4) is 0 Å². The van der Waals surface area contributed by atoms with Gasteiger partial charge in [-0.1, -0.05) is 15.9 Å². The summed E-state index contributed by atoms with van der Waals surface area (Å²) in [6, 6.07) is 8.12. The van der Waals surface area contributed by atoms with E-state index in [0.29, 0.717) is 12.3 Å². The molecule has 0 unspecified atom stereocenters. The summed E-state index contributed by atoms with van der Waals surface area (Å²) in [4.78, 5) is 9.20. The average Bonchev–Trinajstić information content (AvgIpc) is 2.77. The van der Waals surface area contributed by atoms with Gasteiger partial charge in [0.05, 0.1) is 5.69 Å². The number of aryl methyl sites for hydroxylation is 3. The maximum Gasteiger partial charge on any atom is 0.164 e. The Balaban J connectivity index is 2.36. The molecule has 108 valence electrons. The molecule has 3 nitrogen and oxygen atoms in total.